The van der Waals surface area contributed by atoms with E-state index in [0.29, 0.717) is 6.61 Å². The first-order valence-electron chi connectivity index (χ1n) is 5.44. The Labute approximate surface area is 84.7 Å². The predicted octanol–water partition coefficient (Wildman–Crippen LogP) is 1.61. The first kappa shape index (κ1) is 9.95. The van der Waals surface area contributed by atoms with Crippen molar-refractivity contribution in [2.45, 2.75) is 44.1 Å². The molecule has 1 N–H and O–H groups in total. The lowest BCUT2D eigenvalue weighted by Gasteiger charge is -2.42. The summed E-state index contributed by atoms with van der Waals surface area (Å²) in [5.41, 5.74) is -1.40. The van der Waals surface area contributed by atoms with Crippen LogP contribution in [0.5, 0.6) is 0 Å². The van der Waals surface area contributed by atoms with Crippen molar-refractivity contribution in [1.29, 1.82) is 5.26 Å². The van der Waals surface area contributed by atoms with Crippen LogP contribution in [0.15, 0.2) is 0 Å². The van der Waals surface area contributed by atoms with Gasteiger partial charge in [0.05, 0.1) is 18.3 Å². The van der Waals surface area contributed by atoms with Crippen molar-refractivity contribution in [2.75, 3.05) is 13.2 Å². The van der Waals surface area contributed by atoms with Gasteiger partial charge >= 0.3 is 0 Å². The average molecular weight is 195 g/mol. The Morgan fingerprint density at radius 2 is 1.86 bits per heavy atom. The Kier molecular flexibility index (Phi) is 2.50. The van der Waals surface area contributed by atoms with Gasteiger partial charge in [-0.3, -0.25) is 0 Å². The van der Waals surface area contributed by atoms with Crippen molar-refractivity contribution in [2.24, 2.45) is 5.41 Å². The van der Waals surface area contributed by atoms with Crippen molar-refractivity contribution < 1.29 is 9.84 Å². The van der Waals surface area contributed by atoms with Crippen molar-refractivity contribution in [3.63, 3.8) is 0 Å². The van der Waals surface area contributed by atoms with E-state index >= 15 is 0 Å². The fourth-order valence-electron chi connectivity index (χ4n) is 2.79. The lowest BCUT2D eigenvalue weighted by Crippen LogP contribution is -2.50. The van der Waals surface area contributed by atoms with E-state index in [9.17, 15) is 10.4 Å². The molecule has 1 heterocycles. The van der Waals surface area contributed by atoms with Crippen molar-refractivity contribution in [3.8, 4) is 6.07 Å². The number of nitriles is 1. The molecule has 1 unspecified atom stereocenters. The van der Waals surface area contributed by atoms with Crippen LogP contribution >= 0.6 is 0 Å². The summed E-state index contributed by atoms with van der Waals surface area (Å²) in [5, 5.41) is 19.7. The maximum absolute atomic E-state index is 10.5. The maximum atomic E-state index is 10.5. The standard InChI is InChI=1S/C11H17NO2/c12-8-10(4-3-7-14-9-10)11(13)5-1-2-6-11/h13H,1-7,9H2. The molecule has 2 rings (SSSR count). The number of rotatable bonds is 1. The molecule has 3 heteroatoms. The molecule has 2 fully saturated rings. The number of ether oxygens (including phenoxy) is 1. The van der Waals surface area contributed by atoms with Gasteiger partial charge in [-0.15, -0.1) is 0 Å². The molecule has 0 radical (unpaired) electrons. The molecular formula is C11H17NO2. The highest BCUT2D eigenvalue weighted by Gasteiger charge is 2.53. The molecule has 0 aromatic carbocycles. The van der Waals surface area contributed by atoms with Crippen LogP contribution in [0.2, 0.25) is 0 Å². The molecule has 0 aromatic rings. The Morgan fingerprint density at radius 3 is 2.36 bits per heavy atom. The quantitative estimate of drug-likeness (QED) is 0.691. The zero-order valence-corrected chi connectivity index (χ0v) is 8.46. The van der Waals surface area contributed by atoms with E-state index in [1.165, 1.54) is 0 Å². The predicted molar refractivity (Wildman–Crippen MR) is 51.5 cm³/mol. The summed E-state index contributed by atoms with van der Waals surface area (Å²) >= 11 is 0. The average Bonchev–Trinajstić information content (AvgIpc) is 2.68. The minimum Gasteiger partial charge on any atom is -0.388 e. The normalized spacial score (nSPS) is 36.6. The molecule has 3 nitrogen and oxygen atoms in total. The molecule has 1 aliphatic heterocycles. The monoisotopic (exact) mass is 195 g/mol. The van der Waals surface area contributed by atoms with Gasteiger partial charge in [0.15, 0.2) is 0 Å². The van der Waals surface area contributed by atoms with Crippen LogP contribution in [0.1, 0.15) is 38.5 Å². The minimum absolute atomic E-state index is 0.417. The van der Waals surface area contributed by atoms with Gasteiger partial charge in [0.25, 0.3) is 0 Å². The SMILES string of the molecule is N#CC1(C2(O)CCCC2)CCCOC1. The second-order valence-electron chi connectivity index (χ2n) is 4.59. The third-order valence-corrected chi connectivity index (χ3v) is 3.78. The molecule has 1 saturated carbocycles. The Balaban J connectivity index is 2.22. The number of hydrogen-bond acceptors (Lipinski definition) is 3. The van der Waals surface area contributed by atoms with Crippen molar-refractivity contribution in [1.82, 2.24) is 0 Å². The van der Waals surface area contributed by atoms with E-state index in [4.69, 9.17) is 4.74 Å². The van der Waals surface area contributed by atoms with E-state index in [1.54, 1.807) is 0 Å². The lowest BCUT2D eigenvalue weighted by atomic mass is 9.68. The first-order valence-corrected chi connectivity index (χ1v) is 5.44. The van der Waals surface area contributed by atoms with Crippen LogP contribution < -0.4 is 0 Å². The van der Waals surface area contributed by atoms with Crippen LogP contribution in [0, 0.1) is 16.7 Å². The Bertz CT molecular complexity index is 245. The first-order chi connectivity index (χ1) is 6.72. The molecule has 1 atom stereocenters. The molecule has 78 valence electrons. The summed E-state index contributed by atoms with van der Waals surface area (Å²) < 4.78 is 5.37. The van der Waals surface area contributed by atoms with Gasteiger partial charge in [0.1, 0.15) is 5.41 Å². The second kappa shape index (κ2) is 3.52. The Morgan fingerprint density at radius 1 is 1.14 bits per heavy atom. The van der Waals surface area contributed by atoms with Crippen molar-refractivity contribution >= 4 is 0 Å². The van der Waals surface area contributed by atoms with Crippen LogP contribution in [-0.4, -0.2) is 23.9 Å². The fraction of sp³-hybridized carbons (Fsp3) is 0.909. The van der Waals surface area contributed by atoms with E-state index in [-0.39, 0.29) is 0 Å². The molecule has 0 amide bonds. The third-order valence-electron chi connectivity index (χ3n) is 3.78. The molecular weight excluding hydrogens is 178 g/mol. The highest BCUT2D eigenvalue weighted by Crippen LogP contribution is 2.47. The number of nitrogens with zero attached hydrogens (tertiary/aromatic N) is 1. The van der Waals surface area contributed by atoms with Gasteiger partial charge in [-0.1, -0.05) is 12.8 Å². The van der Waals surface area contributed by atoms with Crippen LogP contribution in [0.3, 0.4) is 0 Å². The molecule has 2 aliphatic rings. The van der Waals surface area contributed by atoms with Crippen LogP contribution in [-0.2, 0) is 4.74 Å². The molecule has 0 bridgehead atoms. The van der Waals surface area contributed by atoms with Gasteiger partial charge in [-0.25, -0.2) is 0 Å². The maximum Gasteiger partial charge on any atom is 0.109 e. The van der Waals surface area contributed by atoms with E-state index in [1.807, 2.05) is 0 Å². The molecule has 0 aromatic heterocycles. The van der Waals surface area contributed by atoms with Gasteiger partial charge < -0.3 is 9.84 Å². The highest BCUT2D eigenvalue weighted by atomic mass is 16.5. The summed E-state index contributed by atoms with van der Waals surface area (Å²) in [6, 6.07) is 2.32. The Hall–Kier alpha value is -0.590. The van der Waals surface area contributed by atoms with E-state index in [2.05, 4.69) is 6.07 Å². The topological polar surface area (TPSA) is 53.2 Å². The number of aliphatic hydroxyl groups is 1. The smallest absolute Gasteiger partial charge is 0.109 e. The summed E-state index contributed by atoms with van der Waals surface area (Å²) in [7, 11) is 0. The summed E-state index contributed by atoms with van der Waals surface area (Å²) in [6.45, 7) is 1.15. The van der Waals surface area contributed by atoms with Gasteiger partial charge in [0.2, 0.25) is 0 Å². The molecule has 1 aliphatic carbocycles. The lowest BCUT2D eigenvalue weighted by molar-refractivity contribution is -0.114. The third kappa shape index (κ3) is 1.34. The highest BCUT2D eigenvalue weighted by molar-refractivity contribution is 5.13. The van der Waals surface area contributed by atoms with E-state index in [0.717, 1.165) is 45.1 Å². The van der Waals surface area contributed by atoms with Gasteiger partial charge in [-0.05, 0) is 25.7 Å². The molecule has 14 heavy (non-hydrogen) atoms. The van der Waals surface area contributed by atoms with Crippen molar-refractivity contribution in [3.05, 3.63) is 0 Å². The molecule has 0 spiro atoms. The summed E-state index contributed by atoms with van der Waals surface area (Å²) in [5.74, 6) is 0. The van der Waals surface area contributed by atoms with E-state index < -0.39 is 11.0 Å². The van der Waals surface area contributed by atoms with Crippen LogP contribution in [0.25, 0.3) is 0 Å². The zero-order chi connectivity index (χ0) is 10.1. The number of hydrogen-bond donors (Lipinski definition) is 1. The fourth-order valence-corrected chi connectivity index (χ4v) is 2.79. The molecule has 1 saturated heterocycles. The second-order valence-corrected chi connectivity index (χ2v) is 4.59. The van der Waals surface area contributed by atoms with Gasteiger partial charge in [-0.2, -0.15) is 5.26 Å². The zero-order valence-electron chi connectivity index (χ0n) is 8.46. The largest absolute Gasteiger partial charge is 0.388 e. The minimum atomic E-state index is -0.776. The summed E-state index contributed by atoms with van der Waals surface area (Å²) in [6.07, 6.45) is 5.31. The van der Waals surface area contributed by atoms with Crippen LogP contribution in [0.4, 0.5) is 0 Å². The van der Waals surface area contributed by atoms with Gasteiger partial charge in [0, 0.05) is 6.61 Å². The summed E-state index contributed by atoms with van der Waals surface area (Å²) in [4.78, 5) is 0.